The fourth-order valence-electron chi connectivity index (χ4n) is 1.90. The van der Waals surface area contributed by atoms with E-state index in [1.807, 2.05) is 18.2 Å². The predicted molar refractivity (Wildman–Crippen MR) is 71.7 cm³/mol. The minimum atomic E-state index is 0.156. The number of carbonyl (C=O) groups excluding carboxylic acids is 1. The van der Waals surface area contributed by atoms with E-state index in [4.69, 9.17) is 15.2 Å². The van der Waals surface area contributed by atoms with E-state index in [1.54, 1.807) is 0 Å². The van der Waals surface area contributed by atoms with Crippen LogP contribution in [0.3, 0.4) is 0 Å². The molecule has 0 saturated heterocycles. The van der Waals surface area contributed by atoms with Crippen LogP contribution in [0.5, 0.6) is 11.5 Å². The topological polar surface area (TPSA) is 99.4 Å². The number of hydrogen-bond acceptors (Lipinski definition) is 7. The summed E-state index contributed by atoms with van der Waals surface area (Å²) in [6.07, 6.45) is 1.95. The van der Waals surface area contributed by atoms with Gasteiger partial charge in [-0.1, -0.05) is 6.07 Å². The van der Waals surface area contributed by atoms with Crippen molar-refractivity contribution >= 4 is 17.9 Å². The Morgan fingerprint density at radius 1 is 1.30 bits per heavy atom. The van der Waals surface area contributed by atoms with Crippen molar-refractivity contribution < 1.29 is 14.3 Å². The first kappa shape index (κ1) is 12.2. The number of nitrogen functional groups attached to an aromatic ring is 1. The lowest BCUT2D eigenvalue weighted by Crippen LogP contribution is -2.07. The number of aldehydes is 1. The minimum absolute atomic E-state index is 0.156. The molecule has 1 aliphatic heterocycles. The Morgan fingerprint density at radius 3 is 3.00 bits per heavy atom. The first-order valence-corrected chi connectivity index (χ1v) is 5.96. The van der Waals surface area contributed by atoms with Gasteiger partial charge in [0.25, 0.3) is 0 Å². The lowest BCUT2D eigenvalue weighted by Gasteiger charge is -2.09. The highest BCUT2D eigenvalue weighted by atomic mass is 16.7. The van der Waals surface area contributed by atoms with Crippen molar-refractivity contribution in [1.29, 1.82) is 0 Å². The fraction of sp³-hybridized carbons (Fsp3) is 0.154. The average Bonchev–Trinajstić information content (AvgIpc) is 2.92. The summed E-state index contributed by atoms with van der Waals surface area (Å²) in [5.41, 5.74) is 6.85. The molecule has 0 fully saturated rings. The summed E-state index contributed by atoms with van der Waals surface area (Å²) in [5.74, 6) is 2.00. The molecule has 3 N–H and O–H groups in total. The summed E-state index contributed by atoms with van der Waals surface area (Å²) in [5, 5.41) is 3.05. The monoisotopic (exact) mass is 272 g/mol. The molecule has 1 aliphatic rings. The van der Waals surface area contributed by atoms with Crippen LogP contribution in [0.15, 0.2) is 24.5 Å². The molecule has 2 aromatic rings. The summed E-state index contributed by atoms with van der Waals surface area (Å²) in [7, 11) is 0. The van der Waals surface area contributed by atoms with Crippen LogP contribution in [0.2, 0.25) is 0 Å². The van der Waals surface area contributed by atoms with Gasteiger partial charge in [-0.25, -0.2) is 9.97 Å². The van der Waals surface area contributed by atoms with Gasteiger partial charge in [0.15, 0.2) is 17.8 Å². The molecular formula is C13H12N4O3. The molecule has 7 nitrogen and oxygen atoms in total. The predicted octanol–water partition coefficient (Wildman–Crippen LogP) is 1.21. The van der Waals surface area contributed by atoms with Gasteiger partial charge in [0, 0.05) is 6.54 Å². The van der Waals surface area contributed by atoms with Crippen LogP contribution in [0, 0.1) is 0 Å². The van der Waals surface area contributed by atoms with Crippen molar-refractivity contribution in [3.05, 3.63) is 35.7 Å². The molecule has 0 saturated carbocycles. The number of nitrogens with two attached hydrogens (primary N) is 1. The van der Waals surface area contributed by atoms with E-state index in [0.717, 1.165) is 11.3 Å². The second-order valence-electron chi connectivity index (χ2n) is 4.18. The van der Waals surface area contributed by atoms with Gasteiger partial charge >= 0.3 is 0 Å². The number of nitrogens with one attached hydrogen (secondary N) is 1. The molecule has 0 aliphatic carbocycles. The van der Waals surface area contributed by atoms with Crippen molar-refractivity contribution in [3.8, 4) is 11.5 Å². The average molecular weight is 272 g/mol. The Kier molecular flexibility index (Phi) is 3.08. The summed E-state index contributed by atoms with van der Waals surface area (Å²) >= 11 is 0. The van der Waals surface area contributed by atoms with E-state index in [2.05, 4.69) is 15.3 Å². The van der Waals surface area contributed by atoms with Crippen molar-refractivity contribution in [2.75, 3.05) is 17.8 Å². The summed E-state index contributed by atoms with van der Waals surface area (Å²) < 4.78 is 10.5. The van der Waals surface area contributed by atoms with Gasteiger partial charge in [0.2, 0.25) is 6.79 Å². The van der Waals surface area contributed by atoms with Gasteiger partial charge in [0.05, 0.1) is 5.56 Å². The number of nitrogens with zero attached hydrogens (tertiary/aromatic N) is 2. The Morgan fingerprint density at radius 2 is 2.15 bits per heavy atom. The van der Waals surface area contributed by atoms with Crippen LogP contribution in [0.4, 0.5) is 11.6 Å². The number of aromatic nitrogens is 2. The van der Waals surface area contributed by atoms with E-state index >= 15 is 0 Å². The summed E-state index contributed by atoms with van der Waals surface area (Å²) in [4.78, 5) is 18.8. The highest BCUT2D eigenvalue weighted by Gasteiger charge is 2.13. The Balaban J connectivity index is 1.77. The highest BCUT2D eigenvalue weighted by Crippen LogP contribution is 2.32. The van der Waals surface area contributed by atoms with E-state index in [9.17, 15) is 4.79 Å². The number of carbonyl (C=O) groups is 1. The number of anilines is 2. The maximum Gasteiger partial charge on any atom is 0.231 e. The third kappa shape index (κ3) is 2.20. The first-order chi connectivity index (χ1) is 9.78. The molecule has 7 heteroatoms. The fourth-order valence-corrected chi connectivity index (χ4v) is 1.90. The smallest absolute Gasteiger partial charge is 0.231 e. The summed E-state index contributed by atoms with van der Waals surface area (Å²) in [6.45, 7) is 0.720. The van der Waals surface area contributed by atoms with Crippen LogP contribution in [0.25, 0.3) is 0 Å². The maximum atomic E-state index is 11.0. The molecule has 0 atom stereocenters. The zero-order valence-electron chi connectivity index (χ0n) is 10.5. The van der Waals surface area contributed by atoms with Gasteiger partial charge in [-0.2, -0.15) is 0 Å². The molecule has 0 amide bonds. The first-order valence-electron chi connectivity index (χ1n) is 5.96. The molecule has 20 heavy (non-hydrogen) atoms. The molecule has 0 spiro atoms. The normalized spacial score (nSPS) is 12.2. The Labute approximate surface area is 114 Å². The Hall–Kier alpha value is -2.83. The van der Waals surface area contributed by atoms with E-state index in [0.29, 0.717) is 24.4 Å². The number of rotatable bonds is 4. The van der Waals surface area contributed by atoms with Gasteiger partial charge in [-0.15, -0.1) is 0 Å². The van der Waals surface area contributed by atoms with Crippen LogP contribution in [-0.2, 0) is 6.54 Å². The minimum Gasteiger partial charge on any atom is -0.454 e. The summed E-state index contributed by atoms with van der Waals surface area (Å²) in [6, 6.07) is 5.63. The molecular weight excluding hydrogens is 260 g/mol. The SMILES string of the molecule is Nc1ncnc(NCc2ccc3c(c2)OCO3)c1C=O. The van der Waals surface area contributed by atoms with Crippen molar-refractivity contribution in [2.24, 2.45) is 0 Å². The Bertz CT molecular complexity index is 660. The van der Waals surface area contributed by atoms with Gasteiger partial charge < -0.3 is 20.5 Å². The lowest BCUT2D eigenvalue weighted by molar-refractivity contribution is 0.112. The second-order valence-corrected chi connectivity index (χ2v) is 4.18. The number of fused-ring (bicyclic) bond motifs is 1. The standard InChI is InChI=1S/C13H12N4O3/c14-12-9(5-18)13(17-6-16-12)15-4-8-1-2-10-11(3-8)20-7-19-10/h1-3,5-6H,4,7H2,(H3,14,15,16,17). The van der Waals surface area contributed by atoms with Crippen molar-refractivity contribution in [3.63, 3.8) is 0 Å². The number of hydrogen-bond donors (Lipinski definition) is 2. The zero-order valence-corrected chi connectivity index (χ0v) is 10.5. The van der Waals surface area contributed by atoms with E-state index in [1.165, 1.54) is 6.33 Å². The van der Waals surface area contributed by atoms with Gasteiger partial charge in [-0.3, -0.25) is 4.79 Å². The van der Waals surface area contributed by atoms with Crippen molar-refractivity contribution in [1.82, 2.24) is 9.97 Å². The van der Waals surface area contributed by atoms with Crippen LogP contribution in [-0.4, -0.2) is 23.0 Å². The molecule has 102 valence electrons. The third-order valence-corrected chi connectivity index (χ3v) is 2.93. The third-order valence-electron chi connectivity index (χ3n) is 2.93. The second kappa shape index (κ2) is 5.04. The molecule has 1 aromatic heterocycles. The molecule has 0 radical (unpaired) electrons. The van der Waals surface area contributed by atoms with Gasteiger partial charge in [0.1, 0.15) is 18.0 Å². The molecule has 0 unspecified atom stereocenters. The van der Waals surface area contributed by atoms with Crippen LogP contribution < -0.4 is 20.5 Å². The molecule has 3 rings (SSSR count). The van der Waals surface area contributed by atoms with Gasteiger partial charge in [-0.05, 0) is 17.7 Å². The zero-order chi connectivity index (χ0) is 13.9. The van der Waals surface area contributed by atoms with Crippen LogP contribution >= 0.6 is 0 Å². The largest absolute Gasteiger partial charge is 0.454 e. The maximum absolute atomic E-state index is 11.0. The number of ether oxygens (including phenoxy) is 2. The molecule has 2 heterocycles. The molecule has 0 bridgehead atoms. The van der Waals surface area contributed by atoms with Crippen molar-refractivity contribution in [2.45, 2.75) is 6.54 Å². The number of benzene rings is 1. The van der Waals surface area contributed by atoms with Crippen LogP contribution in [0.1, 0.15) is 15.9 Å². The highest BCUT2D eigenvalue weighted by molar-refractivity contribution is 5.88. The molecule has 1 aromatic carbocycles. The van der Waals surface area contributed by atoms with E-state index in [-0.39, 0.29) is 18.2 Å². The lowest BCUT2D eigenvalue weighted by atomic mass is 10.2. The van der Waals surface area contributed by atoms with E-state index < -0.39 is 0 Å². The quantitative estimate of drug-likeness (QED) is 0.807.